The number of hydrogen-bond acceptors (Lipinski definition) is 4. The van der Waals surface area contributed by atoms with Crippen molar-refractivity contribution in [3.8, 4) is 45.3 Å². The number of hydrogen-bond donors (Lipinski definition) is 0. The van der Waals surface area contributed by atoms with Gasteiger partial charge in [0.1, 0.15) is 11.7 Å². The maximum atomic E-state index is 5.05. The highest BCUT2D eigenvalue weighted by Crippen LogP contribution is 2.55. The molecule has 1 unspecified atom stereocenters. The Kier molecular flexibility index (Phi) is 5.87. The van der Waals surface area contributed by atoms with Gasteiger partial charge >= 0.3 is 0 Å². The van der Waals surface area contributed by atoms with Crippen molar-refractivity contribution >= 4 is 39.2 Å². The zero-order chi connectivity index (χ0) is 31.6. The lowest BCUT2D eigenvalue weighted by Gasteiger charge is -2.40. The van der Waals surface area contributed by atoms with Crippen LogP contribution in [-0.2, 0) is 0 Å². The Morgan fingerprint density at radius 3 is 1.92 bits per heavy atom. The van der Waals surface area contributed by atoms with E-state index in [1.165, 1.54) is 44.7 Å². The first-order valence-electron chi connectivity index (χ1n) is 16.3. The van der Waals surface area contributed by atoms with Crippen molar-refractivity contribution in [3.63, 3.8) is 0 Å². The molecule has 0 radical (unpaired) electrons. The second kappa shape index (κ2) is 10.5. The van der Waals surface area contributed by atoms with Crippen LogP contribution in [0.4, 0.5) is 22.7 Å². The van der Waals surface area contributed by atoms with Gasteiger partial charge in [-0.25, -0.2) is 15.0 Å². The van der Waals surface area contributed by atoms with Crippen molar-refractivity contribution in [2.24, 2.45) is 0 Å². The Labute approximate surface area is 278 Å². The molecule has 0 spiro atoms. The largest absolute Gasteiger partial charge is 0.318 e. The molecule has 6 aromatic carbocycles. The Morgan fingerprint density at radius 2 is 1.21 bits per heavy atom. The molecule has 1 aromatic heterocycles. The zero-order valence-electron chi connectivity index (χ0n) is 25.9. The minimum atomic E-state index is 0.0257. The van der Waals surface area contributed by atoms with E-state index in [1.54, 1.807) is 0 Å². The number of aromatic nitrogens is 3. The minimum absolute atomic E-state index is 0.0257. The number of benzene rings is 6. The first-order chi connectivity index (χ1) is 23.8. The lowest BCUT2D eigenvalue weighted by molar-refractivity contribution is 0.900. The van der Waals surface area contributed by atoms with E-state index >= 15 is 0 Å². The average Bonchev–Trinajstić information content (AvgIpc) is 3.17. The number of allylic oxidation sites excluding steroid dienone is 2. The monoisotopic (exact) mass is 614 g/mol. The third kappa shape index (κ3) is 4.04. The van der Waals surface area contributed by atoms with Crippen molar-refractivity contribution < 1.29 is 0 Å². The van der Waals surface area contributed by atoms with Gasteiger partial charge in [0, 0.05) is 51.9 Å². The average molecular weight is 615 g/mol. The Hall–Kier alpha value is -6.46. The van der Waals surface area contributed by atoms with Gasteiger partial charge in [-0.3, -0.25) is 0 Å². The molecule has 3 heterocycles. The van der Waals surface area contributed by atoms with Gasteiger partial charge in [0.2, 0.25) is 17.1 Å². The van der Waals surface area contributed by atoms with Crippen LogP contribution in [0.1, 0.15) is 0 Å². The van der Waals surface area contributed by atoms with Crippen LogP contribution in [0.2, 0.25) is 0 Å². The zero-order valence-corrected chi connectivity index (χ0v) is 25.9. The van der Waals surface area contributed by atoms with Crippen molar-refractivity contribution in [3.05, 3.63) is 164 Å². The molecule has 1 atom stereocenters. The smallest absolute Gasteiger partial charge is 0.236 e. The van der Waals surface area contributed by atoms with Crippen LogP contribution in [0.15, 0.2) is 164 Å². The Morgan fingerprint density at radius 1 is 0.542 bits per heavy atom. The molecule has 3 aliphatic rings. The fourth-order valence-electron chi connectivity index (χ4n) is 7.40. The molecule has 5 nitrogen and oxygen atoms in total. The summed E-state index contributed by atoms with van der Waals surface area (Å²) in [5.74, 6) is 1.97. The summed E-state index contributed by atoms with van der Waals surface area (Å²) in [6.45, 7) is 0. The highest BCUT2D eigenvalue weighted by atomic mass is 15.3. The first-order valence-corrected chi connectivity index (χ1v) is 16.3. The topological polar surface area (TPSA) is 44.9 Å². The number of rotatable bonds is 4. The van der Waals surface area contributed by atoms with Crippen LogP contribution < -0.4 is 9.48 Å². The highest BCUT2D eigenvalue weighted by molar-refractivity contribution is 6.21. The predicted molar refractivity (Wildman–Crippen MR) is 196 cm³/mol. The second-order valence-corrected chi connectivity index (χ2v) is 12.3. The molecule has 0 amide bonds. The fourth-order valence-corrected chi connectivity index (χ4v) is 7.40. The fraction of sp³-hybridized carbons (Fsp3) is 0.0233. The van der Waals surface area contributed by atoms with Crippen LogP contribution >= 0.6 is 0 Å². The summed E-state index contributed by atoms with van der Waals surface area (Å²) < 4.78 is 2.42. The van der Waals surface area contributed by atoms with E-state index in [0.29, 0.717) is 17.5 Å². The standard InChI is InChI=1S/C43H28N5/c1-4-13-29(14-5-1)41-44-42(30-15-6-2-7-16-30)46-43(45-41)31-24-25-35-34(27-31)33-20-12-17-28-23-26-38-40(39(28)33)48(35)37-22-11-10-21-36(37)47(38)32-18-8-3-9-19-32/h1-27,37H/q+1. The molecule has 0 fully saturated rings. The Bertz CT molecular complexity index is 2440. The van der Waals surface area contributed by atoms with Gasteiger partial charge in [-0.2, -0.15) is 4.58 Å². The van der Waals surface area contributed by atoms with Gasteiger partial charge < -0.3 is 4.90 Å². The third-order valence-corrected chi connectivity index (χ3v) is 9.51. The first kappa shape index (κ1) is 26.7. The lowest BCUT2D eigenvalue weighted by Crippen LogP contribution is -2.45. The molecule has 0 N–H and O–H groups in total. The van der Waals surface area contributed by atoms with E-state index in [1.807, 2.05) is 60.7 Å². The minimum Gasteiger partial charge on any atom is -0.318 e. The van der Waals surface area contributed by atoms with Crippen molar-refractivity contribution in [2.75, 3.05) is 4.90 Å². The third-order valence-electron chi connectivity index (χ3n) is 9.51. The molecular formula is C43H28N5+. The number of anilines is 2. The van der Waals surface area contributed by atoms with E-state index in [-0.39, 0.29) is 6.04 Å². The Balaban J connectivity index is 1.21. The van der Waals surface area contributed by atoms with Crippen LogP contribution in [0.3, 0.4) is 0 Å². The number of nitrogens with zero attached hydrogens (tertiary/aromatic N) is 5. The van der Waals surface area contributed by atoms with E-state index in [9.17, 15) is 0 Å². The molecule has 0 saturated heterocycles. The maximum Gasteiger partial charge on any atom is 0.236 e. The SMILES string of the molecule is C1=CC2=[N+](c3ccccc3)c3ccc4cccc5c4c3N(c3ccc(-c4nc(-c6ccccc6)nc(-c6ccccc6)n4)cc3-5)C2C=C1. The summed E-state index contributed by atoms with van der Waals surface area (Å²) in [5.41, 5.74) is 11.2. The van der Waals surface area contributed by atoms with Crippen LogP contribution in [0, 0.1) is 0 Å². The maximum absolute atomic E-state index is 5.05. The second-order valence-electron chi connectivity index (χ2n) is 12.3. The van der Waals surface area contributed by atoms with Gasteiger partial charge in [0.15, 0.2) is 17.5 Å². The van der Waals surface area contributed by atoms with Gasteiger partial charge in [-0.1, -0.05) is 115 Å². The van der Waals surface area contributed by atoms with Gasteiger partial charge in [0.25, 0.3) is 0 Å². The van der Waals surface area contributed by atoms with Gasteiger partial charge in [-0.15, -0.1) is 0 Å². The molecule has 10 rings (SSSR count). The summed E-state index contributed by atoms with van der Waals surface area (Å²) in [4.78, 5) is 17.5. The summed E-state index contributed by atoms with van der Waals surface area (Å²) in [5, 5.41) is 2.48. The van der Waals surface area contributed by atoms with E-state index < -0.39 is 0 Å². The summed E-state index contributed by atoms with van der Waals surface area (Å²) >= 11 is 0. The van der Waals surface area contributed by atoms with Crippen molar-refractivity contribution in [1.29, 1.82) is 0 Å². The molecule has 2 aliphatic heterocycles. The molecule has 0 bridgehead atoms. The molecule has 5 heteroatoms. The quantitative estimate of drug-likeness (QED) is 0.185. The molecular weight excluding hydrogens is 587 g/mol. The van der Waals surface area contributed by atoms with Gasteiger partial charge in [-0.05, 0) is 35.2 Å². The molecule has 48 heavy (non-hydrogen) atoms. The van der Waals surface area contributed by atoms with E-state index in [4.69, 9.17) is 15.0 Å². The van der Waals surface area contributed by atoms with Crippen LogP contribution in [0.25, 0.3) is 56.1 Å². The number of para-hydroxylation sites is 1. The highest BCUT2D eigenvalue weighted by Gasteiger charge is 2.44. The normalized spacial score (nSPS) is 15.4. The molecule has 7 aromatic rings. The van der Waals surface area contributed by atoms with E-state index in [0.717, 1.165) is 22.4 Å². The van der Waals surface area contributed by atoms with Crippen LogP contribution in [-0.4, -0.2) is 26.7 Å². The summed E-state index contributed by atoms with van der Waals surface area (Å²) in [6.07, 6.45) is 8.87. The van der Waals surface area contributed by atoms with Crippen LogP contribution in [0.5, 0.6) is 0 Å². The predicted octanol–water partition coefficient (Wildman–Crippen LogP) is 9.93. The molecule has 1 aliphatic carbocycles. The summed E-state index contributed by atoms with van der Waals surface area (Å²) in [7, 11) is 0. The number of fused-ring (bicyclic) bond motifs is 5. The van der Waals surface area contributed by atoms with Gasteiger partial charge in [0.05, 0.1) is 5.69 Å². The van der Waals surface area contributed by atoms with Crippen molar-refractivity contribution in [1.82, 2.24) is 19.5 Å². The molecule has 224 valence electrons. The van der Waals surface area contributed by atoms with E-state index in [2.05, 4.69) is 113 Å². The van der Waals surface area contributed by atoms with Crippen molar-refractivity contribution in [2.45, 2.75) is 6.04 Å². The molecule has 0 saturated carbocycles. The summed E-state index contributed by atoms with van der Waals surface area (Å²) in [6, 6.07) is 48.9. The lowest BCUT2D eigenvalue weighted by atomic mass is 9.86.